The van der Waals surface area contributed by atoms with Gasteiger partial charge in [0, 0.05) is 34.1 Å². The molecule has 0 spiro atoms. The molecule has 55 heavy (non-hydrogen) atoms. The summed E-state index contributed by atoms with van der Waals surface area (Å²) in [4.78, 5) is 4.80. The third kappa shape index (κ3) is 5.65. The average Bonchev–Trinajstić information content (AvgIpc) is 3.52. The number of hydrogen-bond donors (Lipinski definition) is 0. The number of aryl methyl sites for hydroxylation is 4. The molecule has 2 heteroatoms. The Morgan fingerprint density at radius 3 is 0.873 bits per heavy atom. The third-order valence-corrected chi connectivity index (χ3v) is 11.5. The van der Waals surface area contributed by atoms with E-state index in [-0.39, 0.29) is 0 Å². The maximum Gasteiger partial charge on any atom is 0.0713 e. The van der Waals surface area contributed by atoms with Crippen LogP contribution in [0, 0.1) is 27.7 Å². The maximum atomic E-state index is 2.40. The van der Waals surface area contributed by atoms with Crippen molar-refractivity contribution in [2.45, 2.75) is 33.1 Å². The van der Waals surface area contributed by atoms with E-state index in [2.05, 4.69) is 232 Å². The highest BCUT2D eigenvalue weighted by molar-refractivity contribution is 5.88. The van der Waals surface area contributed by atoms with E-state index in [9.17, 15) is 0 Å². The summed E-state index contributed by atoms with van der Waals surface area (Å²) in [5, 5.41) is 0. The molecule has 0 heterocycles. The number of anilines is 6. The molecule has 0 saturated carbocycles. The summed E-state index contributed by atoms with van der Waals surface area (Å²) >= 11 is 0. The molecule has 0 saturated heterocycles. The van der Waals surface area contributed by atoms with Crippen LogP contribution >= 0.6 is 0 Å². The predicted octanol–water partition coefficient (Wildman–Crippen LogP) is 14.2. The quantitative estimate of drug-likeness (QED) is 0.155. The second kappa shape index (κ2) is 14.0. The Bertz CT molecular complexity index is 2370. The summed E-state index contributed by atoms with van der Waals surface area (Å²) in [6.07, 6.45) is 0. The van der Waals surface area contributed by atoms with E-state index in [1.54, 1.807) is 0 Å². The van der Waals surface area contributed by atoms with Crippen LogP contribution in [0.4, 0.5) is 34.1 Å². The first kappa shape index (κ1) is 34.1. The largest absolute Gasteiger partial charge is 0.310 e. The van der Waals surface area contributed by atoms with Crippen molar-refractivity contribution in [2.75, 3.05) is 9.80 Å². The van der Waals surface area contributed by atoms with Crippen LogP contribution in [0.25, 0.3) is 11.1 Å². The summed E-state index contributed by atoms with van der Waals surface area (Å²) < 4.78 is 0. The molecule has 0 amide bonds. The molecule has 0 atom stereocenters. The molecule has 0 aliphatic heterocycles. The molecule has 9 rings (SSSR count). The topological polar surface area (TPSA) is 6.48 Å². The van der Waals surface area contributed by atoms with E-state index in [1.165, 1.54) is 78.4 Å². The van der Waals surface area contributed by atoms with Gasteiger partial charge in [-0.1, -0.05) is 146 Å². The van der Waals surface area contributed by atoms with E-state index in [0.717, 1.165) is 11.4 Å². The maximum absolute atomic E-state index is 2.40. The van der Waals surface area contributed by atoms with Crippen LogP contribution in [0.3, 0.4) is 0 Å². The zero-order valence-corrected chi connectivity index (χ0v) is 31.9. The first-order chi connectivity index (χ1) is 27.0. The lowest BCUT2D eigenvalue weighted by atomic mass is 9.67. The molecule has 0 unspecified atom stereocenters. The van der Waals surface area contributed by atoms with Crippen LogP contribution in [0.15, 0.2) is 194 Å². The van der Waals surface area contributed by atoms with Crippen LogP contribution in [0.2, 0.25) is 0 Å². The summed E-state index contributed by atoms with van der Waals surface area (Å²) in [5.41, 5.74) is 19.1. The minimum atomic E-state index is -0.517. The smallest absolute Gasteiger partial charge is 0.0713 e. The molecular weight excluding hydrogens is 665 g/mol. The van der Waals surface area contributed by atoms with Gasteiger partial charge in [0.25, 0.3) is 0 Å². The van der Waals surface area contributed by atoms with E-state index in [4.69, 9.17) is 0 Å². The molecule has 1 aliphatic carbocycles. The van der Waals surface area contributed by atoms with E-state index < -0.39 is 5.41 Å². The summed E-state index contributed by atoms with van der Waals surface area (Å²) in [5.74, 6) is 0. The summed E-state index contributed by atoms with van der Waals surface area (Å²) in [6, 6.07) is 71.3. The summed E-state index contributed by atoms with van der Waals surface area (Å²) in [7, 11) is 0. The standard InChI is InChI=1S/C53H44N2/c1-37-17-5-13-25-49(37)54(50-26-14-6-18-38(50)2)43-33-29-41(30-34-43)53(47-23-11-9-21-45(47)46-22-10-12-24-48(46)53)42-31-35-44(36-32-42)55(51-27-15-7-19-39(51)3)52-28-16-8-20-40(52)4/h5-36H,1-4H3. The van der Waals surface area contributed by atoms with E-state index >= 15 is 0 Å². The van der Waals surface area contributed by atoms with Gasteiger partial charge >= 0.3 is 0 Å². The van der Waals surface area contributed by atoms with Crippen LogP contribution in [-0.2, 0) is 5.41 Å². The Balaban J connectivity index is 1.24. The molecule has 266 valence electrons. The van der Waals surface area contributed by atoms with Gasteiger partial charge in [-0.05, 0) is 132 Å². The Labute approximate surface area is 325 Å². The average molecular weight is 709 g/mol. The van der Waals surface area contributed by atoms with Crippen molar-refractivity contribution in [1.82, 2.24) is 0 Å². The fourth-order valence-electron chi connectivity index (χ4n) is 8.82. The normalized spacial score (nSPS) is 12.5. The second-order valence-electron chi connectivity index (χ2n) is 14.8. The molecule has 8 aromatic rings. The molecule has 0 N–H and O–H groups in total. The number of hydrogen-bond acceptors (Lipinski definition) is 2. The van der Waals surface area contributed by atoms with Crippen molar-refractivity contribution in [2.24, 2.45) is 0 Å². The number of fused-ring (bicyclic) bond motifs is 3. The van der Waals surface area contributed by atoms with Gasteiger partial charge < -0.3 is 9.80 Å². The second-order valence-corrected chi connectivity index (χ2v) is 14.8. The summed E-state index contributed by atoms with van der Waals surface area (Å²) in [6.45, 7) is 8.78. The molecule has 0 fully saturated rings. The molecular formula is C53H44N2. The molecule has 1 aliphatic rings. The lowest BCUT2D eigenvalue weighted by Gasteiger charge is -2.35. The minimum Gasteiger partial charge on any atom is -0.310 e. The van der Waals surface area contributed by atoms with Crippen molar-refractivity contribution in [1.29, 1.82) is 0 Å². The highest BCUT2D eigenvalue weighted by Gasteiger charge is 2.46. The number of para-hydroxylation sites is 4. The Kier molecular flexibility index (Phi) is 8.67. The Morgan fingerprint density at radius 2 is 0.564 bits per heavy atom. The predicted molar refractivity (Wildman–Crippen MR) is 232 cm³/mol. The van der Waals surface area contributed by atoms with Gasteiger partial charge in [-0.15, -0.1) is 0 Å². The molecule has 0 aromatic heterocycles. The fourth-order valence-corrected chi connectivity index (χ4v) is 8.82. The SMILES string of the molecule is Cc1ccccc1N(c1ccc(C2(c3ccc(N(c4ccccc4C)c4ccccc4C)cc3)c3ccccc3-c3ccccc32)cc1)c1ccccc1C. The van der Waals surface area contributed by atoms with Crippen molar-refractivity contribution < 1.29 is 0 Å². The number of benzene rings is 8. The third-order valence-electron chi connectivity index (χ3n) is 11.5. The minimum absolute atomic E-state index is 0.517. The Morgan fingerprint density at radius 1 is 0.291 bits per heavy atom. The van der Waals surface area contributed by atoms with Gasteiger partial charge in [0.15, 0.2) is 0 Å². The first-order valence-electron chi connectivity index (χ1n) is 19.2. The number of rotatable bonds is 8. The molecule has 8 aromatic carbocycles. The van der Waals surface area contributed by atoms with Crippen molar-refractivity contribution in [3.05, 3.63) is 239 Å². The lowest BCUT2D eigenvalue weighted by Crippen LogP contribution is -2.28. The van der Waals surface area contributed by atoms with Crippen LogP contribution < -0.4 is 9.80 Å². The van der Waals surface area contributed by atoms with Gasteiger partial charge in [0.2, 0.25) is 0 Å². The van der Waals surface area contributed by atoms with Gasteiger partial charge in [0.05, 0.1) is 5.41 Å². The molecule has 0 radical (unpaired) electrons. The van der Waals surface area contributed by atoms with Crippen LogP contribution in [-0.4, -0.2) is 0 Å². The number of nitrogens with zero attached hydrogens (tertiary/aromatic N) is 2. The van der Waals surface area contributed by atoms with Crippen molar-refractivity contribution >= 4 is 34.1 Å². The van der Waals surface area contributed by atoms with Crippen molar-refractivity contribution in [3.8, 4) is 11.1 Å². The van der Waals surface area contributed by atoms with E-state index in [1.807, 2.05) is 0 Å². The highest BCUT2D eigenvalue weighted by atomic mass is 15.2. The Hall–Kier alpha value is -6.64. The van der Waals surface area contributed by atoms with Gasteiger partial charge in [-0.2, -0.15) is 0 Å². The zero-order valence-electron chi connectivity index (χ0n) is 31.9. The molecule has 2 nitrogen and oxygen atoms in total. The highest BCUT2D eigenvalue weighted by Crippen LogP contribution is 2.56. The fraction of sp³-hybridized carbons (Fsp3) is 0.0943. The molecule has 0 bridgehead atoms. The zero-order chi connectivity index (χ0) is 37.5. The first-order valence-corrected chi connectivity index (χ1v) is 19.2. The van der Waals surface area contributed by atoms with Gasteiger partial charge in [-0.3, -0.25) is 0 Å². The van der Waals surface area contributed by atoms with Crippen LogP contribution in [0.1, 0.15) is 44.5 Å². The van der Waals surface area contributed by atoms with Gasteiger partial charge in [0.1, 0.15) is 0 Å². The van der Waals surface area contributed by atoms with Crippen molar-refractivity contribution in [3.63, 3.8) is 0 Å². The van der Waals surface area contributed by atoms with Crippen LogP contribution in [0.5, 0.6) is 0 Å². The lowest BCUT2D eigenvalue weighted by molar-refractivity contribution is 0.768. The monoisotopic (exact) mass is 708 g/mol. The van der Waals surface area contributed by atoms with E-state index in [0.29, 0.717) is 0 Å². The van der Waals surface area contributed by atoms with Gasteiger partial charge in [-0.25, -0.2) is 0 Å².